The highest BCUT2D eigenvalue weighted by Gasteiger charge is 2.01. The van der Waals surface area contributed by atoms with Gasteiger partial charge in [-0.2, -0.15) is 0 Å². The molecule has 1 heterocycles. The molecule has 0 radical (unpaired) electrons. The minimum absolute atomic E-state index is 0.228. The second kappa shape index (κ2) is 3.33. The van der Waals surface area contributed by atoms with Crippen molar-refractivity contribution in [3.63, 3.8) is 0 Å². The fourth-order valence-corrected chi connectivity index (χ4v) is 1.23. The number of para-hydroxylation sites is 1. The number of hydrogen-bond donors (Lipinski definition) is 1. The van der Waals surface area contributed by atoms with Gasteiger partial charge in [0.1, 0.15) is 5.58 Å². The van der Waals surface area contributed by atoms with Gasteiger partial charge in [0.25, 0.3) is 0 Å². The molecule has 0 aliphatic heterocycles. The largest absolute Gasteiger partial charge is 0.422 e. The predicted octanol–water partition coefficient (Wildman–Crippen LogP) is 1.60. The molecule has 1 N–H and O–H groups in total. The third kappa shape index (κ3) is 1.37. The highest BCUT2D eigenvalue weighted by molar-refractivity contribution is 5.85. The first-order valence-electron chi connectivity index (χ1n) is 4.01. The molecule has 0 aliphatic carbocycles. The lowest BCUT2D eigenvalue weighted by Crippen LogP contribution is -2.05. The summed E-state index contributed by atoms with van der Waals surface area (Å²) in [4.78, 5) is 11.3. The number of nitrogens with zero attached hydrogens (tertiary/aromatic N) is 1. The fraction of sp³-hybridized carbons (Fsp3) is 0. The summed E-state index contributed by atoms with van der Waals surface area (Å²) in [5.74, 6) is 0. The van der Waals surface area contributed by atoms with E-state index in [0.29, 0.717) is 5.58 Å². The van der Waals surface area contributed by atoms with Gasteiger partial charge < -0.3 is 9.62 Å². The van der Waals surface area contributed by atoms with Crippen molar-refractivity contribution < 1.29 is 9.62 Å². The van der Waals surface area contributed by atoms with E-state index in [1.54, 1.807) is 18.2 Å². The van der Waals surface area contributed by atoms with Gasteiger partial charge in [0.05, 0.1) is 11.8 Å². The van der Waals surface area contributed by atoms with Crippen LogP contribution < -0.4 is 5.63 Å². The van der Waals surface area contributed by atoms with Gasteiger partial charge in [-0.3, -0.25) is 0 Å². The molecule has 2 rings (SSSR count). The van der Waals surface area contributed by atoms with E-state index in [0.717, 1.165) is 11.6 Å². The van der Waals surface area contributed by atoms with Crippen LogP contribution in [0, 0.1) is 0 Å². The Labute approximate surface area is 79.1 Å². The van der Waals surface area contributed by atoms with Crippen molar-refractivity contribution in [2.75, 3.05) is 0 Å². The summed E-state index contributed by atoms with van der Waals surface area (Å²) in [5, 5.41) is 11.9. The van der Waals surface area contributed by atoms with Crippen LogP contribution in [0.5, 0.6) is 0 Å². The van der Waals surface area contributed by atoms with Crippen molar-refractivity contribution in [1.82, 2.24) is 0 Å². The summed E-state index contributed by atoms with van der Waals surface area (Å²) >= 11 is 0. The number of fused-ring (bicyclic) bond motifs is 1. The Balaban J connectivity index is 2.77. The molecule has 1 aromatic heterocycles. The minimum atomic E-state index is -0.512. The molecule has 4 nitrogen and oxygen atoms in total. The van der Waals surface area contributed by atoms with Crippen molar-refractivity contribution in [2.24, 2.45) is 5.16 Å². The maximum absolute atomic E-state index is 11.3. The Hall–Kier alpha value is -2.10. The normalized spacial score (nSPS) is 11.1. The molecule has 0 saturated carbocycles. The van der Waals surface area contributed by atoms with Crippen molar-refractivity contribution >= 4 is 17.2 Å². The Morgan fingerprint density at radius 2 is 2.14 bits per heavy atom. The lowest BCUT2D eigenvalue weighted by molar-refractivity contribution is 0.321. The van der Waals surface area contributed by atoms with Crippen molar-refractivity contribution in [3.8, 4) is 0 Å². The zero-order valence-electron chi connectivity index (χ0n) is 7.18. The maximum Gasteiger partial charge on any atom is 0.345 e. The monoisotopic (exact) mass is 189 g/mol. The highest BCUT2D eigenvalue weighted by atomic mass is 16.4. The summed E-state index contributed by atoms with van der Waals surface area (Å²) in [6.07, 6.45) is 1.05. The van der Waals surface area contributed by atoms with E-state index in [2.05, 4.69) is 5.16 Å². The third-order valence-corrected chi connectivity index (χ3v) is 1.87. The van der Waals surface area contributed by atoms with E-state index >= 15 is 0 Å². The van der Waals surface area contributed by atoms with Crippen LogP contribution in [0.4, 0.5) is 0 Å². The zero-order valence-corrected chi connectivity index (χ0v) is 7.18. The van der Waals surface area contributed by atoms with Crippen LogP contribution in [-0.2, 0) is 0 Å². The number of hydrogen-bond acceptors (Lipinski definition) is 4. The highest BCUT2D eigenvalue weighted by Crippen LogP contribution is 2.11. The van der Waals surface area contributed by atoms with E-state index in [1.807, 2.05) is 12.1 Å². The SMILES string of the molecule is O=c1oc2ccccc2cc1C=NO. The Kier molecular flexibility index (Phi) is 2.02. The number of benzene rings is 1. The molecule has 0 amide bonds. The summed E-state index contributed by atoms with van der Waals surface area (Å²) in [5.41, 5.74) is 0.236. The molecule has 0 aliphatic rings. The Bertz CT molecular complexity index is 542. The van der Waals surface area contributed by atoms with E-state index in [1.165, 1.54) is 0 Å². The quantitative estimate of drug-likeness (QED) is 0.321. The van der Waals surface area contributed by atoms with Gasteiger partial charge in [0.2, 0.25) is 0 Å². The summed E-state index contributed by atoms with van der Waals surface area (Å²) in [7, 11) is 0. The zero-order chi connectivity index (χ0) is 9.97. The Morgan fingerprint density at radius 3 is 2.93 bits per heavy atom. The van der Waals surface area contributed by atoms with Gasteiger partial charge in [0, 0.05) is 5.39 Å². The lowest BCUT2D eigenvalue weighted by atomic mass is 10.2. The van der Waals surface area contributed by atoms with Crippen LogP contribution in [0.3, 0.4) is 0 Å². The summed E-state index contributed by atoms with van der Waals surface area (Å²) in [6, 6.07) is 8.75. The smallest absolute Gasteiger partial charge is 0.345 e. The van der Waals surface area contributed by atoms with Crippen LogP contribution in [0.25, 0.3) is 11.0 Å². The van der Waals surface area contributed by atoms with E-state index < -0.39 is 5.63 Å². The molecular weight excluding hydrogens is 182 g/mol. The Morgan fingerprint density at radius 1 is 1.36 bits per heavy atom. The third-order valence-electron chi connectivity index (χ3n) is 1.87. The predicted molar refractivity (Wildman–Crippen MR) is 51.9 cm³/mol. The van der Waals surface area contributed by atoms with Crippen LogP contribution >= 0.6 is 0 Å². The maximum atomic E-state index is 11.3. The molecule has 1 aromatic carbocycles. The molecule has 0 saturated heterocycles. The van der Waals surface area contributed by atoms with Gasteiger partial charge in [-0.1, -0.05) is 23.4 Å². The number of rotatable bonds is 1. The second-order valence-corrected chi connectivity index (χ2v) is 2.77. The molecule has 0 unspecified atom stereocenters. The first kappa shape index (κ1) is 8.50. The molecule has 0 bridgehead atoms. The van der Waals surface area contributed by atoms with Crippen LogP contribution in [-0.4, -0.2) is 11.4 Å². The average Bonchev–Trinajstić information content (AvgIpc) is 2.19. The van der Waals surface area contributed by atoms with Gasteiger partial charge in [-0.25, -0.2) is 4.79 Å². The first-order valence-corrected chi connectivity index (χ1v) is 4.01. The topological polar surface area (TPSA) is 62.8 Å². The van der Waals surface area contributed by atoms with Gasteiger partial charge >= 0.3 is 5.63 Å². The van der Waals surface area contributed by atoms with Crippen molar-refractivity contribution in [1.29, 1.82) is 0 Å². The summed E-state index contributed by atoms with van der Waals surface area (Å²) < 4.78 is 4.99. The summed E-state index contributed by atoms with van der Waals surface area (Å²) in [6.45, 7) is 0. The van der Waals surface area contributed by atoms with Crippen LogP contribution in [0.15, 0.2) is 44.7 Å². The van der Waals surface area contributed by atoms with Crippen LogP contribution in [0.2, 0.25) is 0 Å². The molecule has 0 spiro atoms. The molecule has 70 valence electrons. The standard InChI is InChI=1S/C10H7NO3/c12-10-8(6-11-13)5-7-3-1-2-4-9(7)14-10/h1-6,13H. The van der Waals surface area contributed by atoms with E-state index in [9.17, 15) is 4.79 Å². The molecule has 4 heteroatoms. The minimum Gasteiger partial charge on any atom is -0.422 e. The second-order valence-electron chi connectivity index (χ2n) is 2.77. The first-order chi connectivity index (χ1) is 6.81. The van der Waals surface area contributed by atoms with Crippen LogP contribution in [0.1, 0.15) is 5.56 Å². The fourth-order valence-electron chi connectivity index (χ4n) is 1.23. The van der Waals surface area contributed by atoms with Crippen molar-refractivity contribution in [2.45, 2.75) is 0 Å². The van der Waals surface area contributed by atoms with Gasteiger partial charge in [0.15, 0.2) is 0 Å². The van der Waals surface area contributed by atoms with E-state index in [-0.39, 0.29) is 5.56 Å². The van der Waals surface area contributed by atoms with Crippen molar-refractivity contribution in [3.05, 3.63) is 46.3 Å². The van der Waals surface area contributed by atoms with Gasteiger partial charge in [-0.15, -0.1) is 0 Å². The lowest BCUT2D eigenvalue weighted by Gasteiger charge is -1.95. The molecular formula is C10H7NO3. The number of oxime groups is 1. The molecule has 0 fully saturated rings. The average molecular weight is 189 g/mol. The molecule has 0 atom stereocenters. The molecule has 2 aromatic rings. The molecule has 14 heavy (non-hydrogen) atoms. The van der Waals surface area contributed by atoms with Gasteiger partial charge in [-0.05, 0) is 12.1 Å². The van der Waals surface area contributed by atoms with E-state index in [4.69, 9.17) is 9.62 Å².